The second kappa shape index (κ2) is 9.79. The van der Waals surface area contributed by atoms with Crippen LogP contribution in [0.5, 0.6) is 0 Å². The summed E-state index contributed by atoms with van der Waals surface area (Å²) in [5, 5.41) is 4.03. The highest BCUT2D eigenvalue weighted by Crippen LogP contribution is 2.38. The van der Waals surface area contributed by atoms with Crippen molar-refractivity contribution < 1.29 is 18.7 Å². The second-order valence-corrected chi connectivity index (χ2v) is 9.14. The van der Waals surface area contributed by atoms with E-state index in [1.807, 2.05) is 11.8 Å². The van der Waals surface area contributed by atoms with Gasteiger partial charge < -0.3 is 24.6 Å². The number of thiocarbonyl (C=S) groups is 1. The number of hydrogen-bond donors (Lipinski definition) is 1. The Balaban J connectivity index is 1.53. The van der Waals surface area contributed by atoms with Crippen molar-refractivity contribution in [3.8, 4) is 0 Å². The van der Waals surface area contributed by atoms with E-state index in [1.54, 1.807) is 6.07 Å². The van der Waals surface area contributed by atoms with Gasteiger partial charge in [-0.15, -0.1) is 11.3 Å². The van der Waals surface area contributed by atoms with Gasteiger partial charge >= 0.3 is 0 Å². The molecule has 0 atom stereocenters. The molecule has 0 bridgehead atoms. The molecule has 166 valence electrons. The summed E-state index contributed by atoms with van der Waals surface area (Å²) in [6.07, 6.45) is 0. The predicted molar refractivity (Wildman–Crippen MR) is 126 cm³/mol. The van der Waals surface area contributed by atoms with Crippen LogP contribution in [-0.4, -0.2) is 68.4 Å². The molecule has 2 fully saturated rings. The van der Waals surface area contributed by atoms with Crippen LogP contribution < -0.4 is 10.2 Å². The van der Waals surface area contributed by atoms with Gasteiger partial charge in [0.2, 0.25) is 0 Å². The summed E-state index contributed by atoms with van der Waals surface area (Å²) in [6.45, 7) is 6.98. The lowest BCUT2D eigenvalue weighted by atomic mass is 10.1. The smallest absolute Gasteiger partial charge is 0.256 e. The summed E-state index contributed by atoms with van der Waals surface area (Å²) in [4.78, 5) is 18.4. The van der Waals surface area contributed by atoms with Crippen molar-refractivity contribution in [3.05, 3.63) is 45.0 Å². The van der Waals surface area contributed by atoms with E-state index in [2.05, 4.69) is 10.2 Å². The normalized spacial score (nSPS) is 17.0. The number of benzene rings is 1. The average molecular weight is 484 g/mol. The quantitative estimate of drug-likeness (QED) is 0.665. The number of anilines is 2. The molecule has 0 aliphatic carbocycles. The van der Waals surface area contributed by atoms with Crippen LogP contribution in [-0.2, 0) is 9.47 Å². The number of ether oxygens (including phenoxy) is 2. The van der Waals surface area contributed by atoms with E-state index >= 15 is 0 Å². The minimum atomic E-state index is -0.454. The third kappa shape index (κ3) is 5.01. The zero-order valence-electron chi connectivity index (χ0n) is 17.1. The average Bonchev–Trinajstić information content (AvgIpc) is 3.07. The number of hydrogen-bond acceptors (Lipinski definition) is 6. The standard InChI is InChI=1S/C21H23ClFN3O3S2/c1-13-17(22)18(21(30)26-4-8-29-9-5-26)31-20(13)24-19(27)14-10-15(23)12-16(11-14)25-2-6-28-7-3-25/h10-12H,2-9H2,1H3,(H,24,27). The van der Waals surface area contributed by atoms with Gasteiger partial charge in [0.25, 0.3) is 5.91 Å². The van der Waals surface area contributed by atoms with Crippen molar-refractivity contribution >= 4 is 56.7 Å². The number of nitrogens with one attached hydrogen (secondary N) is 1. The summed E-state index contributed by atoms with van der Waals surface area (Å²) in [5.41, 5.74) is 1.67. The summed E-state index contributed by atoms with van der Waals surface area (Å²) >= 11 is 13.5. The molecular formula is C21H23ClFN3O3S2. The predicted octanol–water partition coefficient (Wildman–Crippen LogP) is 3.95. The molecule has 1 N–H and O–H groups in total. The lowest BCUT2D eigenvalue weighted by Gasteiger charge is -2.29. The molecule has 1 aromatic heterocycles. The first-order valence-electron chi connectivity index (χ1n) is 10.0. The van der Waals surface area contributed by atoms with Crippen LogP contribution in [0, 0.1) is 12.7 Å². The molecule has 1 aromatic carbocycles. The van der Waals surface area contributed by atoms with E-state index in [4.69, 9.17) is 33.3 Å². The number of carbonyl (C=O) groups is 1. The van der Waals surface area contributed by atoms with Crippen LogP contribution >= 0.6 is 35.2 Å². The van der Waals surface area contributed by atoms with Crippen LogP contribution in [0.25, 0.3) is 0 Å². The Hall–Kier alpha value is -1.78. The molecule has 0 unspecified atom stereocenters. The maximum absolute atomic E-state index is 14.3. The fraction of sp³-hybridized carbons (Fsp3) is 0.429. The van der Waals surface area contributed by atoms with Gasteiger partial charge in [-0.05, 0) is 25.1 Å². The van der Waals surface area contributed by atoms with Gasteiger partial charge in [-0.1, -0.05) is 23.8 Å². The number of thiophene rings is 1. The van der Waals surface area contributed by atoms with Gasteiger partial charge in [0.15, 0.2) is 0 Å². The van der Waals surface area contributed by atoms with E-state index in [-0.39, 0.29) is 11.5 Å². The fourth-order valence-electron chi connectivity index (χ4n) is 3.54. The van der Waals surface area contributed by atoms with Crippen LogP contribution in [0.2, 0.25) is 5.02 Å². The SMILES string of the molecule is Cc1c(NC(=O)c2cc(F)cc(N3CCOCC3)c2)sc(C(=S)N2CCOCC2)c1Cl. The largest absolute Gasteiger partial charge is 0.378 e. The first kappa shape index (κ1) is 22.4. The highest BCUT2D eigenvalue weighted by atomic mass is 35.5. The first-order chi connectivity index (χ1) is 14.9. The Bertz CT molecular complexity index is 988. The molecule has 0 spiro atoms. The highest BCUT2D eigenvalue weighted by Gasteiger charge is 2.24. The number of amides is 1. The summed E-state index contributed by atoms with van der Waals surface area (Å²) in [6, 6.07) is 4.38. The molecule has 10 heteroatoms. The monoisotopic (exact) mass is 483 g/mol. The van der Waals surface area contributed by atoms with Crippen molar-refractivity contribution in [3.63, 3.8) is 0 Å². The molecule has 0 radical (unpaired) electrons. The number of carbonyl (C=O) groups excluding carboxylic acids is 1. The molecule has 2 aromatic rings. The van der Waals surface area contributed by atoms with Crippen LogP contribution in [0.3, 0.4) is 0 Å². The minimum Gasteiger partial charge on any atom is -0.378 e. The lowest BCUT2D eigenvalue weighted by molar-refractivity contribution is 0.0693. The Morgan fingerprint density at radius 3 is 2.45 bits per heavy atom. The van der Waals surface area contributed by atoms with Gasteiger partial charge in [0.05, 0.1) is 36.3 Å². The van der Waals surface area contributed by atoms with Crippen LogP contribution in [0.4, 0.5) is 15.1 Å². The van der Waals surface area contributed by atoms with Crippen molar-refractivity contribution in [2.75, 3.05) is 62.8 Å². The van der Waals surface area contributed by atoms with E-state index in [9.17, 15) is 9.18 Å². The summed E-state index contributed by atoms with van der Waals surface area (Å²) in [7, 11) is 0. The molecule has 2 saturated heterocycles. The number of halogens is 2. The summed E-state index contributed by atoms with van der Waals surface area (Å²) in [5.74, 6) is -0.844. The molecule has 1 amide bonds. The van der Waals surface area contributed by atoms with Gasteiger partial charge in [-0.25, -0.2) is 4.39 Å². The number of nitrogens with zero attached hydrogens (tertiary/aromatic N) is 2. The van der Waals surface area contributed by atoms with E-state index in [0.29, 0.717) is 73.3 Å². The topological polar surface area (TPSA) is 54.0 Å². The van der Waals surface area contributed by atoms with Gasteiger partial charge in [0, 0.05) is 43.0 Å². The van der Waals surface area contributed by atoms with Gasteiger partial charge in [-0.2, -0.15) is 0 Å². The summed E-state index contributed by atoms with van der Waals surface area (Å²) < 4.78 is 25.0. The molecule has 0 saturated carbocycles. The van der Waals surface area contributed by atoms with Crippen molar-refractivity contribution in [2.24, 2.45) is 0 Å². The van der Waals surface area contributed by atoms with Crippen LogP contribution in [0.1, 0.15) is 20.8 Å². The third-order valence-corrected chi connectivity index (χ3v) is 7.70. The Labute approximate surface area is 194 Å². The van der Waals surface area contributed by atoms with Crippen molar-refractivity contribution in [1.29, 1.82) is 0 Å². The Kier molecular flexibility index (Phi) is 7.08. The number of morpholine rings is 2. The van der Waals surface area contributed by atoms with Crippen molar-refractivity contribution in [1.82, 2.24) is 4.90 Å². The maximum Gasteiger partial charge on any atom is 0.256 e. The molecule has 6 nitrogen and oxygen atoms in total. The molecule has 3 heterocycles. The minimum absolute atomic E-state index is 0.253. The van der Waals surface area contributed by atoms with Gasteiger partial charge in [-0.3, -0.25) is 4.79 Å². The van der Waals surface area contributed by atoms with Gasteiger partial charge in [0.1, 0.15) is 15.8 Å². The van der Waals surface area contributed by atoms with E-state index < -0.39 is 5.82 Å². The fourth-order valence-corrected chi connectivity index (χ4v) is 5.43. The first-order valence-corrected chi connectivity index (χ1v) is 11.6. The zero-order chi connectivity index (χ0) is 22.0. The van der Waals surface area contributed by atoms with E-state index in [1.165, 1.54) is 23.5 Å². The van der Waals surface area contributed by atoms with Crippen molar-refractivity contribution in [2.45, 2.75) is 6.92 Å². The van der Waals surface area contributed by atoms with Crippen LogP contribution in [0.15, 0.2) is 18.2 Å². The second-order valence-electron chi connectivity index (χ2n) is 7.36. The molecular weight excluding hydrogens is 461 g/mol. The lowest BCUT2D eigenvalue weighted by Crippen LogP contribution is -2.39. The zero-order valence-corrected chi connectivity index (χ0v) is 19.5. The third-order valence-electron chi connectivity index (χ3n) is 5.31. The molecule has 31 heavy (non-hydrogen) atoms. The molecule has 2 aliphatic heterocycles. The highest BCUT2D eigenvalue weighted by molar-refractivity contribution is 7.81. The molecule has 4 rings (SSSR count). The Morgan fingerprint density at radius 2 is 1.77 bits per heavy atom. The van der Waals surface area contributed by atoms with E-state index in [0.717, 1.165) is 10.4 Å². The number of rotatable bonds is 4. The molecule has 2 aliphatic rings. The Morgan fingerprint density at radius 1 is 1.13 bits per heavy atom. The maximum atomic E-state index is 14.3.